The molecule has 1 saturated heterocycles. The second-order valence-corrected chi connectivity index (χ2v) is 6.37. The topological polar surface area (TPSA) is 15.3 Å². The summed E-state index contributed by atoms with van der Waals surface area (Å²) in [5.41, 5.74) is 0. The highest BCUT2D eigenvalue weighted by atomic mass is 15.2. The molecule has 92 valence electrons. The molecule has 16 heavy (non-hydrogen) atoms. The van der Waals surface area contributed by atoms with Crippen molar-refractivity contribution in [3.05, 3.63) is 0 Å². The van der Waals surface area contributed by atoms with Crippen molar-refractivity contribution >= 4 is 0 Å². The normalized spacial score (nSPS) is 38.1. The van der Waals surface area contributed by atoms with Gasteiger partial charge in [0.05, 0.1) is 0 Å². The lowest BCUT2D eigenvalue weighted by atomic mass is 9.95. The van der Waals surface area contributed by atoms with Crippen molar-refractivity contribution in [1.29, 1.82) is 0 Å². The molecule has 2 nitrogen and oxygen atoms in total. The van der Waals surface area contributed by atoms with E-state index in [-0.39, 0.29) is 0 Å². The first-order valence-corrected chi connectivity index (χ1v) is 7.31. The van der Waals surface area contributed by atoms with Crippen molar-refractivity contribution < 1.29 is 0 Å². The largest absolute Gasteiger partial charge is 0.310 e. The van der Waals surface area contributed by atoms with E-state index in [0.29, 0.717) is 0 Å². The van der Waals surface area contributed by atoms with Gasteiger partial charge in [0.25, 0.3) is 0 Å². The molecule has 0 bridgehead atoms. The minimum atomic E-state index is 0.785. The first-order valence-electron chi connectivity index (χ1n) is 7.31. The van der Waals surface area contributed by atoms with Crippen LogP contribution in [0.2, 0.25) is 0 Å². The molecule has 1 N–H and O–H groups in total. The zero-order valence-corrected chi connectivity index (χ0v) is 10.6. The Morgan fingerprint density at radius 3 is 2.38 bits per heavy atom. The molecule has 2 atom stereocenters. The monoisotopic (exact) mass is 222 g/mol. The van der Waals surface area contributed by atoms with Crippen molar-refractivity contribution in [1.82, 2.24) is 10.2 Å². The number of hydrogen-bond acceptors (Lipinski definition) is 2. The molecule has 2 aliphatic carbocycles. The molecule has 3 rings (SSSR count). The predicted molar refractivity (Wildman–Crippen MR) is 67.6 cm³/mol. The molecular formula is C14H26N2. The van der Waals surface area contributed by atoms with E-state index >= 15 is 0 Å². The van der Waals surface area contributed by atoms with Crippen LogP contribution in [-0.2, 0) is 0 Å². The van der Waals surface area contributed by atoms with E-state index in [1.165, 1.54) is 58.0 Å². The number of nitrogens with one attached hydrogen (secondary N) is 1. The second-order valence-electron chi connectivity index (χ2n) is 6.37. The summed E-state index contributed by atoms with van der Waals surface area (Å²) < 4.78 is 0. The molecule has 2 unspecified atom stereocenters. The minimum absolute atomic E-state index is 0.785. The fourth-order valence-electron chi connectivity index (χ4n) is 3.68. The van der Waals surface area contributed by atoms with Crippen LogP contribution in [-0.4, -0.2) is 36.1 Å². The molecule has 0 amide bonds. The number of piperidine rings is 1. The lowest BCUT2D eigenvalue weighted by Crippen LogP contribution is -2.51. The van der Waals surface area contributed by atoms with Crippen LogP contribution in [0.25, 0.3) is 0 Å². The van der Waals surface area contributed by atoms with Gasteiger partial charge in [-0.05, 0) is 38.0 Å². The minimum Gasteiger partial charge on any atom is -0.310 e. The van der Waals surface area contributed by atoms with Crippen LogP contribution in [0.5, 0.6) is 0 Å². The highest BCUT2D eigenvalue weighted by molar-refractivity contribution is 4.92. The van der Waals surface area contributed by atoms with Crippen molar-refractivity contribution in [3.8, 4) is 0 Å². The van der Waals surface area contributed by atoms with Gasteiger partial charge in [-0.2, -0.15) is 0 Å². The van der Waals surface area contributed by atoms with E-state index in [2.05, 4.69) is 17.1 Å². The Bertz CT molecular complexity index is 229. The lowest BCUT2D eigenvalue weighted by Gasteiger charge is -2.38. The first-order chi connectivity index (χ1) is 7.81. The summed E-state index contributed by atoms with van der Waals surface area (Å²) in [6.45, 7) is 5.11. The van der Waals surface area contributed by atoms with Gasteiger partial charge in [-0.3, -0.25) is 4.90 Å². The first kappa shape index (κ1) is 11.0. The van der Waals surface area contributed by atoms with Gasteiger partial charge in [-0.25, -0.2) is 0 Å². The molecule has 2 saturated carbocycles. The van der Waals surface area contributed by atoms with E-state index in [4.69, 9.17) is 0 Å². The number of hydrogen-bond donors (Lipinski definition) is 1. The number of likely N-dealkylation sites (tertiary alicyclic amines) is 1. The summed E-state index contributed by atoms with van der Waals surface area (Å²) in [6.07, 6.45) is 10.1. The summed E-state index contributed by atoms with van der Waals surface area (Å²) in [4.78, 5) is 2.75. The van der Waals surface area contributed by atoms with Gasteiger partial charge in [0.15, 0.2) is 0 Å². The van der Waals surface area contributed by atoms with Crippen LogP contribution in [0.1, 0.15) is 51.9 Å². The molecule has 3 aliphatic rings. The maximum Gasteiger partial charge on any atom is 0.0200 e. The average molecular weight is 222 g/mol. The average Bonchev–Trinajstić information content (AvgIpc) is 2.98. The van der Waals surface area contributed by atoms with E-state index < -0.39 is 0 Å². The van der Waals surface area contributed by atoms with Gasteiger partial charge < -0.3 is 5.32 Å². The highest BCUT2D eigenvalue weighted by Crippen LogP contribution is 2.31. The quantitative estimate of drug-likeness (QED) is 0.789. The summed E-state index contributed by atoms with van der Waals surface area (Å²) in [5.74, 6) is 0.897. The molecule has 0 aromatic heterocycles. The second kappa shape index (κ2) is 4.66. The third kappa shape index (κ3) is 2.60. The van der Waals surface area contributed by atoms with Crippen molar-refractivity contribution in [2.24, 2.45) is 5.92 Å². The maximum atomic E-state index is 3.92. The maximum absolute atomic E-state index is 3.92. The molecule has 3 fully saturated rings. The third-order valence-corrected chi connectivity index (χ3v) is 4.58. The van der Waals surface area contributed by atoms with Crippen molar-refractivity contribution in [2.45, 2.75) is 70.0 Å². The van der Waals surface area contributed by atoms with Crippen LogP contribution in [0.15, 0.2) is 0 Å². The molecule has 1 aliphatic heterocycles. The van der Waals surface area contributed by atoms with Gasteiger partial charge in [-0.15, -0.1) is 0 Å². The SMILES string of the molecule is CC1CC(NC2CCCC2)CN(C2CC2)C1. The van der Waals surface area contributed by atoms with Gasteiger partial charge in [0, 0.05) is 31.2 Å². The fraction of sp³-hybridized carbons (Fsp3) is 1.00. The van der Waals surface area contributed by atoms with Gasteiger partial charge >= 0.3 is 0 Å². The molecular weight excluding hydrogens is 196 g/mol. The summed E-state index contributed by atoms with van der Waals surface area (Å²) >= 11 is 0. The predicted octanol–water partition coefficient (Wildman–Crippen LogP) is 2.39. The Balaban J connectivity index is 1.52. The molecule has 1 heterocycles. The molecule has 0 radical (unpaired) electrons. The fourth-order valence-corrected chi connectivity index (χ4v) is 3.68. The Labute approximate surface area is 99.8 Å². The highest BCUT2D eigenvalue weighted by Gasteiger charge is 2.35. The van der Waals surface area contributed by atoms with Crippen LogP contribution in [0.4, 0.5) is 0 Å². The van der Waals surface area contributed by atoms with Gasteiger partial charge in [-0.1, -0.05) is 19.8 Å². The van der Waals surface area contributed by atoms with Crippen molar-refractivity contribution in [3.63, 3.8) is 0 Å². The molecule has 0 aromatic rings. The van der Waals surface area contributed by atoms with Crippen LogP contribution < -0.4 is 5.32 Å². The molecule has 0 spiro atoms. The van der Waals surface area contributed by atoms with Gasteiger partial charge in [0.2, 0.25) is 0 Å². The van der Waals surface area contributed by atoms with Crippen LogP contribution in [0.3, 0.4) is 0 Å². The lowest BCUT2D eigenvalue weighted by molar-refractivity contribution is 0.135. The standard InChI is InChI=1S/C14H26N2/c1-11-8-13(15-12-4-2-3-5-12)10-16(9-11)14-6-7-14/h11-15H,2-10H2,1H3. The smallest absolute Gasteiger partial charge is 0.0200 e. The Hall–Kier alpha value is -0.0800. The van der Waals surface area contributed by atoms with E-state index in [1.54, 1.807) is 0 Å². The zero-order valence-electron chi connectivity index (χ0n) is 10.6. The number of nitrogens with zero attached hydrogens (tertiary/aromatic N) is 1. The zero-order chi connectivity index (χ0) is 11.0. The van der Waals surface area contributed by atoms with E-state index in [1.807, 2.05) is 0 Å². The molecule has 2 heteroatoms. The summed E-state index contributed by atoms with van der Waals surface area (Å²) in [5, 5.41) is 3.92. The van der Waals surface area contributed by atoms with E-state index in [9.17, 15) is 0 Å². The third-order valence-electron chi connectivity index (χ3n) is 4.58. The Morgan fingerprint density at radius 1 is 0.938 bits per heavy atom. The van der Waals surface area contributed by atoms with Crippen LogP contribution in [0, 0.1) is 5.92 Å². The Kier molecular flexibility index (Phi) is 3.21. The van der Waals surface area contributed by atoms with E-state index in [0.717, 1.165) is 24.0 Å². The van der Waals surface area contributed by atoms with Crippen molar-refractivity contribution in [2.75, 3.05) is 13.1 Å². The van der Waals surface area contributed by atoms with Crippen LogP contribution >= 0.6 is 0 Å². The summed E-state index contributed by atoms with van der Waals surface area (Å²) in [7, 11) is 0. The molecule has 0 aromatic carbocycles. The van der Waals surface area contributed by atoms with Gasteiger partial charge in [0.1, 0.15) is 0 Å². The number of rotatable bonds is 3. The Morgan fingerprint density at radius 2 is 1.69 bits per heavy atom. The summed E-state index contributed by atoms with van der Waals surface area (Å²) in [6, 6.07) is 2.58.